The molecule has 0 aromatic heterocycles. The van der Waals surface area contributed by atoms with E-state index >= 15 is 0 Å². The van der Waals surface area contributed by atoms with Crippen LogP contribution in [0.15, 0.2) is 28.8 Å². The molecule has 5 atom stereocenters. The number of hydrogen-bond acceptors (Lipinski definition) is 3. The Balaban J connectivity index is 1.75. The van der Waals surface area contributed by atoms with E-state index in [9.17, 15) is 9.18 Å². The van der Waals surface area contributed by atoms with E-state index in [1.54, 1.807) is 6.07 Å². The van der Waals surface area contributed by atoms with Crippen LogP contribution in [0.25, 0.3) is 0 Å². The van der Waals surface area contributed by atoms with Crippen molar-refractivity contribution in [1.29, 1.82) is 0 Å². The van der Waals surface area contributed by atoms with Crippen LogP contribution in [0.5, 0.6) is 5.75 Å². The van der Waals surface area contributed by atoms with Crippen molar-refractivity contribution >= 4 is 21.7 Å². The zero-order chi connectivity index (χ0) is 14.7. The van der Waals surface area contributed by atoms with Crippen LogP contribution in [0.3, 0.4) is 0 Å². The number of methoxy groups -OCH3 is 1. The van der Waals surface area contributed by atoms with Crippen LogP contribution in [0, 0.1) is 17.7 Å². The Morgan fingerprint density at radius 2 is 2.10 bits per heavy atom. The Morgan fingerprint density at radius 1 is 1.33 bits per heavy atom. The molecule has 0 amide bonds. The van der Waals surface area contributed by atoms with Crippen LogP contribution < -0.4 is 4.74 Å². The van der Waals surface area contributed by atoms with Crippen LogP contribution >= 0.6 is 15.9 Å². The average molecular weight is 353 g/mol. The SMILES string of the molecule is COc1cc(Br)cc(F)c1C1CC2C3C=CC(O3)C2C1=O. The van der Waals surface area contributed by atoms with E-state index in [0.29, 0.717) is 22.2 Å². The minimum absolute atomic E-state index is 0.0125. The second-order valence-corrected chi connectivity index (χ2v) is 6.75. The van der Waals surface area contributed by atoms with Crippen molar-refractivity contribution in [3.05, 3.63) is 40.1 Å². The number of carbonyl (C=O) groups excluding carboxylic acids is 1. The van der Waals surface area contributed by atoms with E-state index in [2.05, 4.69) is 15.9 Å². The lowest BCUT2D eigenvalue weighted by molar-refractivity contribution is -0.123. The summed E-state index contributed by atoms with van der Waals surface area (Å²) in [6, 6.07) is 3.10. The highest BCUT2D eigenvalue weighted by Crippen LogP contribution is 2.53. The van der Waals surface area contributed by atoms with Crippen molar-refractivity contribution in [2.24, 2.45) is 11.8 Å². The number of hydrogen-bond donors (Lipinski definition) is 0. The molecule has 110 valence electrons. The summed E-state index contributed by atoms with van der Waals surface area (Å²) in [7, 11) is 1.50. The van der Waals surface area contributed by atoms with E-state index in [0.717, 1.165) is 0 Å². The molecular formula is C16H14BrFO3. The summed E-state index contributed by atoms with van der Waals surface area (Å²) < 4.78 is 26.0. The number of halogens is 2. The quantitative estimate of drug-likeness (QED) is 0.766. The van der Waals surface area contributed by atoms with Gasteiger partial charge in [-0.1, -0.05) is 28.1 Å². The molecule has 3 aliphatic rings. The smallest absolute Gasteiger partial charge is 0.146 e. The normalized spacial score (nSPS) is 36.3. The van der Waals surface area contributed by atoms with Gasteiger partial charge < -0.3 is 9.47 Å². The van der Waals surface area contributed by atoms with Crippen molar-refractivity contribution in [1.82, 2.24) is 0 Å². The number of ketones is 1. The fraction of sp³-hybridized carbons (Fsp3) is 0.438. The highest BCUT2D eigenvalue weighted by molar-refractivity contribution is 9.10. The number of benzene rings is 1. The molecule has 5 unspecified atom stereocenters. The van der Waals surface area contributed by atoms with Crippen molar-refractivity contribution in [3.63, 3.8) is 0 Å². The minimum Gasteiger partial charge on any atom is -0.496 e. The predicted molar refractivity (Wildman–Crippen MR) is 77.8 cm³/mol. The molecule has 1 aliphatic carbocycles. The molecule has 2 fully saturated rings. The maximum absolute atomic E-state index is 14.4. The van der Waals surface area contributed by atoms with Crippen LogP contribution in [0.4, 0.5) is 4.39 Å². The molecule has 1 aromatic carbocycles. The highest BCUT2D eigenvalue weighted by Gasteiger charge is 2.57. The van der Waals surface area contributed by atoms with Gasteiger partial charge in [-0.15, -0.1) is 0 Å². The fourth-order valence-corrected chi connectivity index (χ4v) is 4.40. The van der Waals surface area contributed by atoms with Gasteiger partial charge in [-0.3, -0.25) is 4.79 Å². The first-order chi connectivity index (χ1) is 10.1. The first-order valence-corrected chi connectivity index (χ1v) is 7.80. The van der Waals surface area contributed by atoms with Crippen molar-refractivity contribution < 1.29 is 18.7 Å². The Morgan fingerprint density at radius 3 is 2.81 bits per heavy atom. The summed E-state index contributed by atoms with van der Waals surface area (Å²) in [5.74, 6) is -0.265. The maximum Gasteiger partial charge on any atom is 0.146 e. The molecule has 2 aliphatic heterocycles. The summed E-state index contributed by atoms with van der Waals surface area (Å²) in [5, 5.41) is 0. The number of Topliss-reactive ketones (excluding diaryl/α,β-unsaturated/α-hetero) is 1. The third-order valence-electron chi connectivity index (χ3n) is 4.85. The average Bonchev–Trinajstić information content (AvgIpc) is 3.11. The number of rotatable bonds is 2. The first-order valence-electron chi connectivity index (χ1n) is 7.00. The topological polar surface area (TPSA) is 35.5 Å². The summed E-state index contributed by atoms with van der Waals surface area (Å²) in [6.07, 6.45) is 4.50. The van der Waals surface area contributed by atoms with Gasteiger partial charge in [0.2, 0.25) is 0 Å². The predicted octanol–water partition coefficient (Wildman–Crippen LogP) is 3.22. The standard InChI is InChI=1S/C16H14BrFO3/c1-20-13-5-7(17)4-10(18)14(13)9-6-8-11-2-3-12(21-11)15(8)16(9)19/h2-5,8-9,11-12,15H,6H2,1H3. The molecule has 0 N–H and O–H groups in total. The molecule has 4 rings (SSSR count). The number of carbonyl (C=O) groups is 1. The first kappa shape index (κ1) is 13.5. The van der Waals surface area contributed by atoms with E-state index in [4.69, 9.17) is 9.47 Å². The molecule has 2 bridgehead atoms. The third kappa shape index (κ3) is 1.83. The largest absolute Gasteiger partial charge is 0.496 e. The van der Waals surface area contributed by atoms with Gasteiger partial charge in [-0.25, -0.2) is 4.39 Å². The summed E-state index contributed by atoms with van der Waals surface area (Å²) in [4.78, 5) is 12.7. The van der Waals surface area contributed by atoms with Gasteiger partial charge in [0.1, 0.15) is 17.3 Å². The second-order valence-electron chi connectivity index (χ2n) is 5.83. The lowest BCUT2D eigenvalue weighted by atomic mass is 9.86. The number of fused-ring (bicyclic) bond motifs is 5. The van der Waals surface area contributed by atoms with E-state index in [1.807, 2.05) is 12.2 Å². The van der Waals surface area contributed by atoms with Crippen LogP contribution in [-0.2, 0) is 9.53 Å². The molecule has 1 aromatic rings. The van der Waals surface area contributed by atoms with Crippen LogP contribution in [0.1, 0.15) is 17.9 Å². The van der Waals surface area contributed by atoms with Gasteiger partial charge in [0.05, 0.1) is 31.2 Å². The Kier molecular flexibility index (Phi) is 2.98. The Bertz CT molecular complexity index is 657. The van der Waals surface area contributed by atoms with Crippen LogP contribution in [-0.4, -0.2) is 25.1 Å². The Hall–Kier alpha value is -1.20. The van der Waals surface area contributed by atoms with Crippen molar-refractivity contribution in [3.8, 4) is 5.75 Å². The molecule has 3 nitrogen and oxygen atoms in total. The lowest BCUT2D eigenvalue weighted by Crippen LogP contribution is -2.25. The molecule has 5 heteroatoms. The van der Waals surface area contributed by atoms with Crippen molar-refractivity contribution in [2.45, 2.75) is 24.5 Å². The molecule has 1 saturated heterocycles. The van der Waals surface area contributed by atoms with E-state index in [-0.39, 0.29) is 35.6 Å². The molecule has 2 heterocycles. The van der Waals surface area contributed by atoms with E-state index in [1.165, 1.54) is 13.2 Å². The minimum atomic E-state index is -0.433. The molecular weight excluding hydrogens is 339 g/mol. The maximum atomic E-state index is 14.4. The number of ether oxygens (including phenoxy) is 2. The zero-order valence-corrected chi connectivity index (χ0v) is 13.0. The zero-order valence-electron chi connectivity index (χ0n) is 11.4. The second kappa shape index (κ2) is 4.65. The molecule has 0 spiro atoms. The summed E-state index contributed by atoms with van der Waals surface area (Å²) >= 11 is 3.25. The summed E-state index contributed by atoms with van der Waals surface area (Å²) in [6.45, 7) is 0. The van der Waals surface area contributed by atoms with Gasteiger partial charge in [0.25, 0.3) is 0 Å². The monoisotopic (exact) mass is 352 g/mol. The molecule has 1 saturated carbocycles. The Labute approximate surface area is 130 Å². The highest BCUT2D eigenvalue weighted by atomic mass is 79.9. The summed E-state index contributed by atoms with van der Waals surface area (Å²) in [5.41, 5.74) is 0.388. The molecule has 0 radical (unpaired) electrons. The van der Waals surface area contributed by atoms with Gasteiger partial charge in [0.15, 0.2) is 0 Å². The fourth-order valence-electron chi connectivity index (χ4n) is 3.99. The van der Waals surface area contributed by atoms with Crippen molar-refractivity contribution in [2.75, 3.05) is 7.11 Å². The van der Waals surface area contributed by atoms with E-state index < -0.39 is 5.92 Å². The van der Waals surface area contributed by atoms with Gasteiger partial charge in [-0.05, 0) is 18.6 Å². The van der Waals surface area contributed by atoms with Crippen LogP contribution in [0.2, 0.25) is 0 Å². The van der Waals surface area contributed by atoms with Gasteiger partial charge in [-0.2, -0.15) is 0 Å². The van der Waals surface area contributed by atoms with Gasteiger partial charge in [0, 0.05) is 16.0 Å². The van der Waals surface area contributed by atoms with Gasteiger partial charge >= 0.3 is 0 Å². The molecule has 21 heavy (non-hydrogen) atoms. The lowest BCUT2D eigenvalue weighted by Gasteiger charge is -2.17. The third-order valence-corrected chi connectivity index (χ3v) is 5.30.